The standard InChI is InChI=1S/C12H19N5OS/c1-3-8(2)17-11(18)4-5-14-10-7-15-9(6-16-10)12(13)19/h6-8H,3-5H2,1-2H3,(H2,13,19)(H,14,16)(H,17,18). The predicted molar refractivity (Wildman–Crippen MR) is 78.9 cm³/mol. The number of aromatic nitrogens is 2. The van der Waals surface area contributed by atoms with Crippen molar-refractivity contribution in [2.75, 3.05) is 11.9 Å². The van der Waals surface area contributed by atoms with Gasteiger partial charge in [-0.25, -0.2) is 9.97 Å². The minimum atomic E-state index is 0.0227. The second kappa shape index (κ2) is 7.63. The molecule has 1 aromatic heterocycles. The van der Waals surface area contributed by atoms with Gasteiger partial charge in [-0.1, -0.05) is 19.1 Å². The van der Waals surface area contributed by atoms with Crippen molar-refractivity contribution in [3.63, 3.8) is 0 Å². The van der Waals surface area contributed by atoms with E-state index in [1.807, 2.05) is 13.8 Å². The molecule has 0 saturated heterocycles. The van der Waals surface area contributed by atoms with Crippen LogP contribution < -0.4 is 16.4 Å². The van der Waals surface area contributed by atoms with Gasteiger partial charge in [0.25, 0.3) is 0 Å². The van der Waals surface area contributed by atoms with E-state index in [-0.39, 0.29) is 16.9 Å². The minimum Gasteiger partial charge on any atom is -0.388 e. The molecule has 0 aromatic carbocycles. The minimum absolute atomic E-state index is 0.0227. The molecule has 4 N–H and O–H groups in total. The van der Waals surface area contributed by atoms with Gasteiger partial charge in [-0.05, 0) is 13.3 Å². The summed E-state index contributed by atoms with van der Waals surface area (Å²) >= 11 is 4.78. The Morgan fingerprint density at radius 2 is 2.21 bits per heavy atom. The average Bonchev–Trinajstić information content (AvgIpc) is 2.39. The van der Waals surface area contributed by atoms with Crippen molar-refractivity contribution >= 4 is 28.9 Å². The van der Waals surface area contributed by atoms with E-state index in [1.165, 1.54) is 6.20 Å². The molecule has 1 amide bonds. The van der Waals surface area contributed by atoms with Crippen molar-refractivity contribution in [2.45, 2.75) is 32.7 Å². The molecule has 6 nitrogen and oxygen atoms in total. The number of nitrogens with two attached hydrogens (primary N) is 1. The largest absolute Gasteiger partial charge is 0.388 e. The van der Waals surface area contributed by atoms with Gasteiger partial charge in [-0.3, -0.25) is 4.79 Å². The van der Waals surface area contributed by atoms with Crippen LogP contribution in [0.4, 0.5) is 5.82 Å². The molecule has 1 unspecified atom stereocenters. The zero-order valence-electron chi connectivity index (χ0n) is 11.1. The topological polar surface area (TPSA) is 92.9 Å². The molecular formula is C12H19N5OS. The molecule has 19 heavy (non-hydrogen) atoms. The highest BCUT2D eigenvalue weighted by atomic mass is 32.1. The zero-order valence-corrected chi connectivity index (χ0v) is 12.0. The maximum Gasteiger partial charge on any atom is 0.221 e. The lowest BCUT2D eigenvalue weighted by Crippen LogP contribution is -2.33. The van der Waals surface area contributed by atoms with Gasteiger partial charge >= 0.3 is 0 Å². The summed E-state index contributed by atoms with van der Waals surface area (Å²) in [6.45, 7) is 4.51. The Kier molecular flexibility index (Phi) is 6.14. The average molecular weight is 281 g/mol. The number of carbonyl (C=O) groups is 1. The van der Waals surface area contributed by atoms with E-state index in [4.69, 9.17) is 18.0 Å². The highest BCUT2D eigenvalue weighted by Gasteiger charge is 2.05. The van der Waals surface area contributed by atoms with Crippen LogP contribution in [0, 0.1) is 0 Å². The van der Waals surface area contributed by atoms with Crippen molar-refractivity contribution in [1.29, 1.82) is 0 Å². The molecule has 1 heterocycles. The number of amides is 1. The van der Waals surface area contributed by atoms with Crippen molar-refractivity contribution < 1.29 is 4.79 Å². The molecule has 1 aromatic rings. The van der Waals surface area contributed by atoms with Gasteiger partial charge in [0.2, 0.25) is 5.91 Å². The van der Waals surface area contributed by atoms with Crippen LogP contribution in [-0.2, 0) is 4.79 Å². The Balaban J connectivity index is 2.33. The predicted octanol–water partition coefficient (Wildman–Crippen LogP) is 0.827. The number of nitrogens with one attached hydrogen (secondary N) is 2. The summed E-state index contributed by atoms with van der Waals surface area (Å²) in [6, 6.07) is 0.206. The second-order valence-corrected chi connectivity index (χ2v) is 4.64. The van der Waals surface area contributed by atoms with Crippen molar-refractivity contribution in [1.82, 2.24) is 15.3 Å². The van der Waals surface area contributed by atoms with Gasteiger partial charge in [0, 0.05) is 19.0 Å². The number of nitrogens with zero attached hydrogens (tertiary/aromatic N) is 2. The van der Waals surface area contributed by atoms with E-state index in [0.29, 0.717) is 24.5 Å². The molecule has 0 aliphatic carbocycles. The normalized spacial score (nSPS) is 11.7. The molecule has 0 bridgehead atoms. The van der Waals surface area contributed by atoms with E-state index in [1.54, 1.807) is 6.20 Å². The molecular weight excluding hydrogens is 262 g/mol. The summed E-state index contributed by atoms with van der Waals surface area (Å²) < 4.78 is 0. The first-order valence-corrected chi connectivity index (χ1v) is 6.58. The number of thiocarbonyl (C=S) groups is 1. The molecule has 0 spiro atoms. The number of anilines is 1. The van der Waals surface area contributed by atoms with Crippen molar-refractivity contribution in [2.24, 2.45) is 5.73 Å². The van der Waals surface area contributed by atoms with Crippen LogP contribution in [0.5, 0.6) is 0 Å². The number of hydrogen-bond acceptors (Lipinski definition) is 5. The van der Waals surface area contributed by atoms with Gasteiger partial charge in [0.05, 0.1) is 12.4 Å². The van der Waals surface area contributed by atoms with Gasteiger partial charge in [-0.2, -0.15) is 0 Å². The Labute approximate surface area is 118 Å². The summed E-state index contributed by atoms with van der Waals surface area (Å²) in [6.07, 6.45) is 4.36. The number of hydrogen-bond donors (Lipinski definition) is 3. The van der Waals surface area contributed by atoms with Crippen LogP contribution >= 0.6 is 12.2 Å². The lowest BCUT2D eigenvalue weighted by Gasteiger charge is -2.11. The van der Waals surface area contributed by atoms with E-state index in [9.17, 15) is 4.79 Å². The number of rotatable bonds is 7. The third-order valence-electron chi connectivity index (χ3n) is 2.58. The van der Waals surface area contributed by atoms with Crippen LogP contribution in [0.1, 0.15) is 32.4 Å². The fourth-order valence-electron chi connectivity index (χ4n) is 1.30. The van der Waals surface area contributed by atoms with Crippen LogP contribution in [0.3, 0.4) is 0 Å². The Morgan fingerprint density at radius 1 is 1.47 bits per heavy atom. The van der Waals surface area contributed by atoms with Crippen LogP contribution in [0.2, 0.25) is 0 Å². The van der Waals surface area contributed by atoms with E-state index in [2.05, 4.69) is 20.6 Å². The van der Waals surface area contributed by atoms with Gasteiger partial charge < -0.3 is 16.4 Å². The SMILES string of the molecule is CCC(C)NC(=O)CCNc1cnc(C(N)=S)cn1. The van der Waals surface area contributed by atoms with E-state index in [0.717, 1.165) is 6.42 Å². The maximum atomic E-state index is 11.5. The first-order chi connectivity index (χ1) is 9.02. The smallest absolute Gasteiger partial charge is 0.221 e. The van der Waals surface area contributed by atoms with E-state index >= 15 is 0 Å². The third kappa shape index (κ3) is 5.60. The van der Waals surface area contributed by atoms with Crippen LogP contribution in [0.15, 0.2) is 12.4 Å². The van der Waals surface area contributed by atoms with Gasteiger partial charge in [0.15, 0.2) is 0 Å². The van der Waals surface area contributed by atoms with E-state index < -0.39 is 0 Å². The highest BCUT2D eigenvalue weighted by Crippen LogP contribution is 2.01. The molecule has 104 valence electrons. The quantitative estimate of drug-likeness (QED) is 0.641. The molecule has 0 aliphatic heterocycles. The highest BCUT2D eigenvalue weighted by molar-refractivity contribution is 7.80. The van der Waals surface area contributed by atoms with Crippen LogP contribution in [0.25, 0.3) is 0 Å². The molecule has 0 fully saturated rings. The first kappa shape index (κ1) is 15.3. The molecule has 7 heteroatoms. The summed E-state index contributed by atoms with van der Waals surface area (Å²) in [7, 11) is 0. The fraction of sp³-hybridized carbons (Fsp3) is 0.500. The summed E-state index contributed by atoms with van der Waals surface area (Å²) in [5, 5.41) is 5.91. The summed E-state index contributed by atoms with van der Waals surface area (Å²) in [4.78, 5) is 19.9. The third-order valence-corrected chi connectivity index (χ3v) is 2.79. The monoisotopic (exact) mass is 281 g/mol. The molecule has 1 rings (SSSR count). The fourth-order valence-corrected chi connectivity index (χ4v) is 1.41. The van der Waals surface area contributed by atoms with Crippen LogP contribution in [-0.4, -0.2) is 33.5 Å². The molecule has 1 atom stereocenters. The Bertz CT molecular complexity index is 434. The molecule has 0 aliphatic rings. The van der Waals surface area contributed by atoms with Gasteiger partial charge in [0.1, 0.15) is 16.5 Å². The summed E-state index contributed by atoms with van der Waals surface area (Å²) in [5.74, 6) is 0.617. The van der Waals surface area contributed by atoms with Crippen molar-refractivity contribution in [3.05, 3.63) is 18.1 Å². The Hall–Kier alpha value is -1.76. The van der Waals surface area contributed by atoms with Gasteiger partial charge in [-0.15, -0.1) is 0 Å². The van der Waals surface area contributed by atoms with Crippen molar-refractivity contribution in [3.8, 4) is 0 Å². The maximum absolute atomic E-state index is 11.5. The number of carbonyl (C=O) groups excluding carboxylic acids is 1. The summed E-state index contributed by atoms with van der Waals surface area (Å²) in [5.41, 5.74) is 5.90. The lowest BCUT2D eigenvalue weighted by atomic mass is 10.2. The molecule has 0 saturated carbocycles. The second-order valence-electron chi connectivity index (χ2n) is 4.20. The lowest BCUT2D eigenvalue weighted by molar-refractivity contribution is -0.121. The molecule has 0 radical (unpaired) electrons. The Morgan fingerprint density at radius 3 is 2.74 bits per heavy atom. The zero-order chi connectivity index (χ0) is 14.3. The first-order valence-electron chi connectivity index (χ1n) is 6.18.